The summed E-state index contributed by atoms with van der Waals surface area (Å²) in [5.41, 5.74) is 13.2. The van der Waals surface area contributed by atoms with Crippen molar-refractivity contribution in [2.45, 2.75) is 0 Å². The van der Waals surface area contributed by atoms with Gasteiger partial charge in [0.25, 0.3) is 0 Å². The fourth-order valence-electron chi connectivity index (χ4n) is 8.60. The summed E-state index contributed by atoms with van der Waals surface area (Å²) >= 11 is 0. The fourth-order valence-corrected chi connectivity index (χ4v) is 8.60. The Kier molecular flexibility index (Phi) is 7.43. The van der Waals surface area contributed by atoms with Crippen molar-refractivity contribution < 1.29 is 4.42 Å². The van der Waals surface area contributed by atoms with E-state index in [1.165, 1.54) is 0 Å². The Morgan fingerprint density at radius 3 is 1.63 bits per heavy atom. The van der Waals surface area contributed by atoms with Gasteiger partial charge in [-0.2, -0.15) is 0 Å². The van der Waals surface area contributed by atoms with Gasteiger partial charge in [-0.15, -0.1) is 0 Å². The highest BCUT2D eigenvalue weighted by atomic mass is 16.3. The zero-order valence-electron chi connectivity index (χ0n) is 31.7. The van der Waals surface area contributed by atoms with Crippen molar-refractivity contribution in [3.8, 4) is 56.7 Å². The molecule has 0 atom stereocenters. The van der Waals surface area contributed by atoms with Crippen LogP contribution in [0.5, 0.6) is 0 Å². The Morgan fingerprint density at radius 1 is 0.356 bits per heavy atom. The minimum absolute atomic E-state index is 0.617. The molecule has 0 fully saturated rings. The zero-order valence-corrected chi connectivity index (χ0v) is 31.7. The summed E-state index contributed by atoms with van der Waals surface area (Å²) in [4.78, 5) is 15.2. The number of benzene rings is 8. The molecular weight excluding hydrogens is 723 g/mol. The molecule has 0 amide bonds. The van der Waals surface area contributed by atoms with E-state index in [0.717, 1.165) is 99.7 Å². The molecule has 12 rings (SSSR count). The lowest BCUT2D eigenvalue weighted by molar-refractivity contribution is 0.620. The standard InChI is InChI=1S/C53H33N5O/c1-5-15-34(16-6-1)44-33-51(56-52(54-44)35-17-7-2-8-18-35)58-46-24-14-13-23-40(46)41-29-37(26-28-48(41)58)38-25-27-47-42(30-38)43-31-50-45(55-53(59-50)36-19-9-3-10-20-36)32-49(43)57(47)39-21-11-4-12-22-39/h1-33H. The van der Waals surface area contributed by atoms with Gasteiger partial charge in [0.1, 0.15) is 11.3 Å². The van der Waals surface area contributed by atoms with Gasteiger partial charge in [-0.3, -0.25) is 4.57 Å². The molecule has 4 heterocycles. The molecule has 276 valence electrons. The SMILES string of the molecule is c1ccc(-c2cc(-n3c4ccccc4c4cc(-c5ccc6c(c5)c5cc7oc(-c8ccccc8)nc7cc5n6-c5ccccc5)ccc43)nc(-c3ccccc3)n2)cc1. The van der Waals surface area contributed by atoms with Gasteiger partial charge in [0.15, 0.2) is 11.4 Å². The highest BCUT2D eigenvalue weighted by molar-refractivity contribution is 6.14. The van der Waals surface area contributed by atoms with E-state index in [4.69, 9.17) is 19.4 Å². The number of nitrogens with zero attached hydrogens (tertiary/aromatic N) is 5. The molecule has 0 unspecified atom stereocenters. The number of aromatic nitrogens is 5. The van der Waals surface area contributed by atoms with Crippen LogP contribution in [0, 0.1) is 0 Å². The molecule has 0 aliphatic rings. The minimum atomic E-state index is 0.617. The van der Waals surface area contributed by atoms with Crippen LogP contribution in [-0.4, -0.2) is 24.1 Å². The Labute approximate surface area is 338 Å². The normalized spacial score (nSPS) is 11.7. The Hall–Kier alpha value is -8.09. The van der Waals surface area contributed by atoms with E-state index >= 15 is 0 Å². The number of hydrogen-bond acceptors (Lipinski definition) is 4. The molecule has 8 aromatic carbocycles. The van der Waals surface area contributed by atoms with Crippen LogP contribution in [0.4, 0.5) is 0 Å². The number of hydrogen-bond donors (Lipinski definition) is 0. The average Bonchev–Trinajstić information content (AvgIpc) is 3.98. The lowest BCUT2D eigenvalue weighted by atomic mass is 10.0. The molecule has 0 saturated heterocycles. The lowest BCUT2D eigenvalue weighted by Gasteiger charge is -2.12. The monoisotopic (exact) mass is 755 g/mol. The first-order valence-corrected chi connectivity index (χ1v) is 19.8. The first-order chi connectivity index (χ1) is 29.2. The van der Waals surface area contributed by atoms with E-state index < -0.39 is 0 Å². The van der Waals surface area contributed by atoms with Crippen LogP contribution in [-0.2, 0) is 0 Å². The second-order valence-electron chi connectivity index (χ2n) is 14.9. The van der Waals surface area contributed by atoms with Crippen LogP contribution >= 0.6 is 0 Å². The van der Waals surface area contributed by atoms with Crippen LogP contribution in [0.15, 0.2) is 205 Å². The molecule has 4 aromatic heterocycles. The predicted octanol–water partition coefficient (Wildman–Crippen LogP) is 13.5. The van der Waals surface area contributed by atoms with Crippen molar-refractivity contribution in [2.24, 2.45) is 0 Å². The lowest BCUT2D eigenvalue weighted by Crippen LogP contribution is -2.02. The van der Waals surface area contributed by atoms with E-state index in [0.29, 0.717) is 11.7 Å². The van der Waals surface area contributed by atoms with E-state index in [9.17, 15) is 0 Å². The summed E-state index contributed by atoms with van der Waals surface area (Å²) in [6.07, 6.45) is 0. The average molecular weight is 756 g/mol. The molecule has 59 heavy (non-hydrogen) atoms. The summed E-state index contributed by atoms with van der Waals surface area (Å²) in [6.45, 7) is 0. The van der Waals surface area contributed by atoms with E-state index in [1.807, 2.05) is 54.6 Å². The van der Waals surface area contributed by atoms with Gasteiger partial charge in [0.05, 0.1) is 27.8 Å². The van der Waals surface area contributed by atoms with Crippen LogP contribution in [0.2, 0.25) is 0 Å². The molecule has 0 radical (unpaired) electrons. The third-order valence-electron chi connectivity index (χ3n) is 11.4. The number of fused-ring (bicyclic) bond motifs is 7. The Bertz CT molecular complexity index is 3480. The van der Waals surface area contributed by atoms with Gasteiger partial charge in [0, 0.05) is 50.0 Å². The quantitative estimate of drug-likeness (QED) is 0.170. The van der Waals surface area contributed by atoms with Crippen molar-refractivity contribution in [2.75, 3.05) is 0 Å². The van der Waals surface area contributed by atoms with Crippen molar-refractivity contribution in [1.82, 2.24) is 24.1 Å². The van der Waals surface area contributed by atoms with Gasteiger partial charge < -0.3 is 8.98 Å². The molecule has 0 bridgehead atoms. The Balaban J connectivity index is 1.05. The molecule has 6 nitrogen and oxygen atoms in total. The summed E-state index contributed by atoms with van der Waals surface area (Å²) in [5.74, 6) is 2.12. The predicted molar refractivity (Wildman–Crippen MR) is 240 cm³/mol. The van der Waals surface area contributed by atoms with E-state index in [-0.39, 0.29) is 0 Å². The largest absolute Gasteiger partial charge is 0.436 e. The minimum Gasteiger partial charge on any atom is -0.436 e. The van der Waals surface area contributed by atoms with Gasteiger partial charge in [-0.25, -0.2) is 15.0 Å². The fraction of sp³-hybridized carbons (Fsp3) is 0. The van der Waals surface area contributed by atoms with Gasteiger partial charge in [-0.05, 0) is 77.9 Å². The smallest absolute Gasteiger partial charge is 0.227 e. The first kappa shape index (κ1) is 33.1. The molecule has 0 N–H and O–H groups in total. The van der Waals surface area contributed by atoms with Gasteiger partial charge in [0.2, 0.25) is 5.89 Å². The molecule has 0 saturated carbocycles. The van der Waals surface area contributed by atoms with Crippen LogP contribution in [0.3, 0.4) is 0 Å². The first-order valence-electron chi connectivity index (χ1n) is 19.8. The summed E-state index contributed by atoms with van der Waals surface area (Å²) in [5, 5.41) is 4.57. The van der Waals surface area contributed by atoms with E-state index in [2.05, 4.69) is 155 Å². The second kappa shape index (κ2) is 13.3. The highest BCUT2D eigenvalue weighted by Crippen LogP contribution is 2.40. The van der Waals surface area contributed by atoms with Crippen molar-refractivity contribution in [3.05, 3.63) is 200 Å². The summed E-state index contributed by atoms with van der Waals surface area (Å²) in [6, 6.07) is 69.8. The summed E-state index contributed by atoms with van der Waals surface area (Å²) in [7, 11) is 0. The van der Waals surface area contributed by atoms with Crippen LogP contribution in [0.1, 0.15) is 0 Å². The third-order valence-corrected chi connectivity index (χ3v) is 11.4. The van der Waals surface area contributed by atoms with Crippen LogP contribution < -0.4 is 0 Å². The third kappa shape index (κ3) is 5.46. The Morgan fingerprint density at radius 2 is 0.915 bits per heavy atom. The highest BCUT2D eigenvalue weighted by Gasteiger charge is 2.20. The number of oxazole rings is 1. The molecule has 12 aromatic rings. The molecule has 0 aliphatic heterocycles. The van der Waals surface area contributed by atoms with Crippen molar-refractivity contribution in [3.63, 3.8) is 0 Å². The van der Waals surface area contributed by atoms with Crippen molar-refractivity contribution in [1.29, 1.82) is 0 Å². The van der Waals surface area contributed by atoms with Gasteiger partial charge >= 0.3 is 0 Å². The summed E-state index contributed by atoms with van der Waals surface area (Å²) < 4.78 is 11.0. The molecule has 6 heteroatoms. The van der Waals surface area contributed by atoms with Crippen molar-refractivity contribution >= 4 is 54.7 Å². The maximum absolute atomic E-state index is 6.40. The van der Waals surface area contributed by atoms with Gasteiger partial charge in [-0.1, -0.05) is 127 Å². The maximum Gasteiger partial charge on any atom is 0.227 e. The molecule has 0 aliphatic carbocycles. The number of rotatable bonds is 6. The van der Waals surface area contributed by atoms with Crippen LogP contribution in [0.25, 0.3) is 111 Å². The molecular formula is C53H33N5O. The second-order valence-corrected chi connectivity index (χ2v) is 14.9. The zero-order chi connectivity index (χ0) is 38.9. The molecule has 0 spiro atoms. The number of para-hydroxylation sites is 2. The topological polar surface area (TPSA) is 61.7 Å². The van der Waals surface area contributed by atoms with E-state index in [1.54, 1.807) is 0 Å². The maximum atomic E-state index is 6.40.